The summed E-state index contributed by atoms with van der Waals surface area (Å²) in [6.07, 6.45) is 3.29. The van der Waals surface area contributed by atoms with Crippen molar-refractivity contribution in [2.75, 3.05) is 6.54 Å². The van der Waals surface area contributed by atoms with E-state index in [1.54, 1.807) is 18.3 Å². The second-order valence-corrected chi connectivity index (χ2v) is 9.84. The molecule has 0 unspecified atom stereocenters. The van der Waals surface area contributed by atoms with E-state index in [0.29, 0.717) is 38.9 Å². The second kappa shape index (κ2) is 9.14. The van der Waals surface area contributed by atoms with Crippen molar-refractivity contribution in [1.29, 1.82) is 0 Å². The van der Waals surface area contributed by atoms with E-state index in [2.05, 4.69) is 9.55 Å². The maximum Gasteiger partial charge on any atom is 0.303 e. The van der Waals surface area contributed by atoms with Crippen molar-refractivity contribution in [3.8, 4) is 0 Å². The standard InChI is InChI=1S/C25H27ClFN3O3/c1-25(2,13-23(32)33)9-7-22(31)29-11-8-17-18-4-3-10-28-24(18)30(21(17)15-29)14-16-5-6-19(26)20(27)12-16/h3-6,10,12H,7-9,11,13-15H2,1-2H3,(H,32,33). The van der Waals surface area contributed by atoms with Crippen molar-refractivity contribution in [2.45, 2.75) is 52.6 Å². The fraction of sp³-hybridized carbons (Fsp3) is 0.400. The van der Waals surface area contributed by atoms with Gasteiger partial charge in [0.05, 0.1) is 18.0 Å². The lowest BCUT2D eigenvalue weighted by Gasteiger charge is -2.30. The van der Waals surface area contributed by atoms with Crippen molar-refractivity contribution >= 4 is 34.5 Å². The fourth-order valence-electron chi connectivity index (χ4n) is 4.57. The number of aliphatic carboxylic acids is 1. The summed E-state index contributed by atoms with van der Waals surface area (Å²) in [7, 11) is 0. The summed E-state index contributed by atoms with van der Waals surface area (Å²) in [4.78, 5) is 30.5. The van der Waals surface area contributed by atoms with Gasteiger partial charge in [-0.3, -0.25) is 9.59 Å². The normalized spacial score (nSPS) is 13.9. The molecule has 6 nitrogen and oxygen atoms in total. The van der Waals surface area contributed by atoms with Crippen LogP contribution in [0.2, 0.25) is 5.02 Å². The Morgan fingerprint density at radius 1 is 1.27 bits per heavy atom. The van der Waals surface area contributed by atoms with Crippen molar-refractivity contribution in [2.24, 2.45) is 5.41 Å². The van der Waals surface area contributed by atoms with Crippen LogP contribution in [0.4, 0.5) is 4.39 Å². The van der Waals surface area contributed by atoms with Gasteiger partial charge >= 0.3 is 5.97 Å². The summed E-state index contributed by atoms with van der Waals surface area (Å²) in [5, 5.41) is 10.2. The molecule has 8 heteroatoms. The number of hydrogen-bond donors (Lipinski definition) is 1. The summed E-state index contributed by atoms with van der Waals surface area (Å²) in [5.41, 5.74) is 3.31. The number of carbonyl (C=O) groups is 2. The number of pyridine rings is 1. The average Bonchev–Trinajstić information content (AvgIpc) is 3.07. The Balaban J connectivity index is 1.59. The maximum atomic E-state index is 14.0. The van der Waals surface area contributed by atoms with Gasteiger partial charge in [-0.25, -0.2) is 9.37 Å². The first-order chi connectivity index (χ1) is 15.6. The van der Waals surface area contributed by atoms with E-state index in [-0.39, 0.29) is 17.4 Å². The molecule has 2 aromatic heterocycles. The zero-order valence-electron chi connectivity index (χ0n) is 18.8. The minimum Gasteiger partial charge on any atom is -0.481 e. The molecule has 0 fully saturated rings. The van der Waals surface area contributed by atoms with Crippen molar-refractivity contribution in [3.05, 3.63) is 64.2 Å². The molecular formula is C25H27ClFN3O3. The van der Waals surface area contributed by atoms with Crippen LogP contribution in [0.25, 0.3) is 11.0 Å². The number of rotatable bonds is 7. The number of hydrogen-bond acceptors (Lipinski definition) is 3. The van der Waals surface area contributed by atoms with E-state index >= 15 is 0 Å². The highest BCUT2D eigenvalue weighted by molar-refractivity contribution is 6.30. The molecule has 1 aliphatic heterocycles. The van der Waals surface area contributed by atoms with Gasteiger partial charge in [-0.1, -0.05) is 31.5 Å². The monoisotopic (exact) mass is 471 g/mol. The lowest BCUT2D eigenvalue weighted by molar-refractivity contribution is -0.140. The smallest absolute Gasteiger partial charge is 0.303 e. The highest BCUT2D eigenvalue weighted by atomic mass is 35.5. The molecule has 0 radical (unpaired) electrons. The third-order valence-electron chi connectivity index (χ3n) is 6.34. The number of halogens is 2. The first kappa shape index (κ1) is 23.2. The molecule has 3 heterocycles. The minimum atomic E-state index is -0.856. The van der Waals surface area contributed by atoms with Crippen LogP contribution in [0.3, 0.4) is 0 Å². The van der Waals surface area contributed by atoms with Crippen LogP contribution in [0, 0.1) is 11.2 Å². The quantitative estimate of drug-likeness (QED) is 0.523. The predicted octanol–water partition coefficient (Wildman–Crippen LogP) is 5.04. The van der Waals surface area contributed by atoms with Crippen LogP contribution in [-0.4, -0.2) is 38.0 Å². The van der Waals surface area contributed by atoms with Gasteiger partial charge in [-0.05, 0) is 53.6 Å². The van der Waals surface area contributed by atoms with Crippen molar-refractivity contribution in [3.63, 3.8) is 0 Å². The van der Waals surface area contributed by atoms with E-state index < -0.39 is 17.2 Å². The van der Waals surface area contributed by atoms with E-state index in [0.717, 1.165) is 22.3 Å². The summed E-state index contributed by atoms with van der Waals surface area (Å²) in [5.74, 6) is -1.31. The van der Waals surface area contributed by atoms with E-state index in [9.17, 15) is 14.0 Å². The highest BCUT2D eigenvalue weighted by Crippen LogP contribution is 2.32. The van der Waals surface area contributed by atoms with Gasteiger partial charge < -0.3 is 14.6 Å². The number of nitrogens with zero attached hydrogens (tertiary/aromatic N) is 3. The molecule has 4 rings (SSSR count). The Kier molecular flexibility index (Phi) is 6.43. The molecule has 1 N–H and O–H groups in total. The van der Waals surface area contributed by atoms with E-state index in [1.807, 2.05) is 30.9 Å². The number of fused-ring (bicyclic) bond motifs is 3. The molecular weight excluding hydrogens is 445 g/mol. The highest BCUT2D eigenvalue weighted by Gasteiger charge is 2.29. The number of carboxylic acid groups (broad SMARTS) is 1. The molecule has 0 atom stereocenters. The van der Waals surface area contributed by atoms with Crippen molar-refractivity contribution in [1.82, 2.24) is 14.5 Å². The summed E-state index contributed by atoms with van der Waals surface area (Å²) in [6.45, 7) is 5.22. The van der Waals surface area contributed by atoms with Gasteiger partial charge in [-0.2, -0.15) is 0 Å². The summed E-state index contributed by atoms with van der Waals surface area (Å²) < 4.78 is 16.1. The minimum absolute atomic E-state index is 0.0152. The lowest BCUT2D eigenvalue weighted by atomic mass is 9.84. The van der Waals surface area contributed by atoms with Gasteiger partial charge in [0.25, 0.3) is 0 Å². The Labute approximate surface area is 197 Å². The predicted molar refractivity (Wildman–Crippen MR) is 125 cm³/mol. The second-order valence-electron chi connectivity index (χ2n) is 9.43. The number of amides is 1. The molecule has 0 aliphatic carbocycles. The molecule has 0 bridgehead atoms. The van der Waals surface area contributed by atoms with Crippen LogP contribution in [-0.2, 0) is 29.1 Å². The molecule has 174 valence electrons. The number of benzene rings is 1. The summed E-state index contributed by atoms with van der Waals surface area (Å²) >= 11 is 5.85. The molecule has 0 spiro atoms. The Hall–Kier alpha value is -2.93. The fourth-order valence-corrected chi connectivity index (χ4v) is 4.68. The molecule has 33 heavy (non-hydrogen) atoms. The van der Waals surface area contributed by atoms with Crippen LogP contribution >= 0.6 is 11.6 Å². The number of aromatic nitrogens is 2. The maximum absolute atomic E-state index is 14.0. The third-order valence-corrected chi connectivity index (χ3v) is 6.64. The number of carboxylic acids is 1. The van der Waals surface area contributed by atoms with Crippen LogP contribution in [0.1, 0.15) is 49.9 Å². The topological polar surface area (TPSA) is 75.4 Å². The van der Waals surface area contributed by atoms with Crippen LogP contribution in [0.15, 0.2) is 36.5 Å². The van der Waals surface area contributed by atoms with Gasteiger partial charge in [-0.15, -0.1) is 0 Å². The van der Waals surface area contributed by atoms with Crippen LogP contribution in [0.5, 0.6) is 0 Å². The van der Waals surface area contributed by atoms with Gasteiger partial charge in [0, 0.05) is 36.8 Å². The van der Waals surface area contributed by atoms with Crippen LogP contribution < -0.4 is 0 Å². The SMILES string of the molecule is CC(C)(CCC(=O)N1CCc2c(n(Cc3ccc(Cl)c(F)c3)c3ncccc23)C1)CC(=O)O. The molecule has 1 aliphatic rings. The zero-order valence-corrected chi connectivity index (χ0v) is 19.5. The Bertz CT molecular complexity index is 1220. The third kappa shape index (κ3) is 5.03. The average molecular weight is 472 g/mol. The molecule has 1 aromatic carbocycles. The van der Waals surface area contributed by atoms with Crippen molar-refractivity contribution < 1.29 is 19.1 Å². The van der Waals surface area contributed by atoms with E-state index in [4.69, 9.17) is 16.7 Å². The molecule has 0 saturated carbocycles. The first-order valence-electron chi connectivity index (χ1n) is 11.0. The van der Waals surface area contributed by atoms with E-state index in [1.165, 1.54) is 11.6 Å². The molecule has 3 aromatic rings. The van der Waals surface area contributed by atoms with Gasteiger partial charge in [0.15, 0.2) is 0 Å². The van der Waals surface area contributed by atoms with Gasteiger partial charge in [0.1, 0.15) is 11.5 Å². The Morgan fingerprint density at radius 3 is 2.79 bits per heavy atom. The number of carbonyl (C=O) groups excluding carboxylic acids is 1. The molecule has 0 saturated heterocycles. The first-order valence-corrected chi connectivity index (χ1v) is 11.4. The summed E-state index contributed by atoms with van der Waals surface area (Å²) in [6, 6.07) is 8.71. The largest absolute Gasteiger partial charge is 0.481 e. The zero-order chi connectivity index (χ0) is 23.8. The van der Waals surface area contributed by atoms with Gasteiger partial charge in [0.2, 0.25) is 5.91 Å². The Morgan fingerprint density at radius 2 is 2.06 bits per heavy atom. The lowest BCUT2D eigenvalue weighted by Crippen LogP contribution is -2.37. The molecule has 1 amide bonds.